The zero-order valence-corrected chi connectivity index (χ0v) is 22.4. The molecular formula is C30H33N3S2. The quantitative estimate of drug-likeness (QED) is 0.426. The van der Waals surface area contributed by atoms with E-state index in [0.717, 1.165) is 19.5 Å². The molecule has 0 N–H and O–H groups in total. The van der Waals surface area contributed by atoms with E-state index in [1.165, 1.54) is 44.1 Å². The first-order chi connectivity index (χ1) is 17.2. The summed E-state index contributed by atoms with van der Waals surface area (Å²) in [5.41, 5.74) is 5.80. The highest BCUT2D eigenvalue weighted by Gasteiger charge is 2.39. The number of allylic oxidation sites excluding steroid dienone is 4. The smallest absolute Gasteiger partial charge is 0.0801 e. The summed E-state index contributed by atoms with van der Waals surface area (Å²) < 4.78 is 0. The third-order valence-corrected chi connectivity index (χ3v) is 10.0. The van der Waals surface area contributed by atoms with Crippen molar-refractivity contribution < 1.29 is 0 Å². The normalized spacial score (nSPS) is 28.1. The first kappa shape index (κ1) is 23.1. The van der Waals surface area contributed by atoms with Gasteiger partial charge in [-0.25, -0.2) is 0 Å². The van der Waals surface area contributed by atoms with Gasteiger partial charge in [0.1, 0.15) is 0 Å². The number of anilines is 2. The van der Waals surface area contributed by atoms with Gasteiger partial charge >= 0.3 is 0 Å². The van der Waals surface area contributed by atoms with E-state index in [1.807, 2.05) is 23.5 Å². The largest absolute Gasteiger partial charge is 0.335 e. The predicted molar refractivity (Wildman–Crippen MR) is 152 cm³/mol. The minimum Gasteiger partial charge on any atom is -0.335 e. The van der Waals surface area contributed by atoms with Crippen LogP contribution in [-0.4, -0.2) is 37.1 Å². The number of piperidine rings is 1. The molecule has 0 spiro atoms. The van der Waals surface area contributed by atoms with Crippen LogP contribution in [-0.2, 0) is 0 Å². The Morgan fingerprint density at radius 2 is 1.17 bits per heavy atom. The maximum atomic E-state index is 2.61. The van der Waals surface area contributed by atoms with Gasteiger partial charge in [-0.3, -0.25) is 4.90 Å². The molecule has 180 valence electrons. The molecule has 0 amide bonds. The first-order valence-electron chi connectivity index (χ1n) is 12.8. The summed E-state index contributed by atoms with van der Waals surface area (Å²) in [7, 11) is 2.32. The lowest BCUT2D eigenvalue weighted by Gasteiger charge is -2.35. The molecule has 3 nitrogen and oxygen atoms in total. The highest BCUT2D eigenvalue weighted by atomic mass is 32.2. The van der Waals surface area contributed by atoms with Crippen LogP contribution in [0, 0.1) is 0 Å². The average molecular weight is 500 g/mol. The Kier molecular flexibility index (Phi) is 6.34. The molecule has 0 radical (unpaired) electrons. The molecule has 2 fully saturated rings. The Morgan fingerprint density at radius 3 is 1.63 bits per heavy atom. The molecule has 2 saturated heterocycles. The lowest BCUT2D eigenvalue weighted by molar-refractivity contribution is 0.264. The molecule has 0 saturated carbocycles. The maximum Gasteiger partial charge on any atom is 0.0801 e. The number of benzene rings is 2. The molecule has 6 rings (SSSR count). The number of hydrogen-bond acceptors (Lipinski definition) is 5. The van der Waals surface area contributed by atoms with E-state index in [2.05, 4.69) is 108 Å². The molecule has 4 aliphatic heterocycles. The SMILES string of the molecule is CCN1C(=CC=C2CC(=CC=C3Sc4ccccc4N3CC)C3CCC2N3C)Sc2ccccc21. The van der Waals surface area contributed by atoms with Gasteiger partial charge in [-0.05, 0) is 87.7 Å². The predicted octanol–water partition coefficient (Wildman–Crippen LogP) is 7.65. The summed E-state index contributed by atoms with van der Waals surface area (Å²) in [4.78, 5) is 10.2. The van der Waals surface area contributed by atoms with Crippen LogP contribution in [0.1, 0.15) is 33.1 Å². The van der Waals surface area contributed by atoms with Gasteiger partial charge in [0.15, 0.2) is 0 Å². The second-order valence-electron chi connectivity index (χ2n) is 9.57. The molecule has 35 heavy (non-hydrogen) atoms. The minimum absolute atomic E-state index is 0.572. The van der Waals surface area contributed by atoms with Gasteiger partial charge in [-0.2, -0.15) is 0 Å². The number of thioether (sulfide) groups is 2. The van der Waals surface area contributed by atoms with E-state index < -0.39 is 0 Å². The monoisotopic (exact) mass is 499 g/mol. The van der Waals surface area contributed by atoms with Crippen molar-refractivity contribution in [3.63, 3.8) is 0 Å². The maximum absolute atomic E-state index is 2.61. The number of para-hydroxylation sites is 2. The standard InChI is InChI=1S/C30H33N3S2/c1-4-32-25-10-6-8-12-27(25)34-29(32)18-14-21-20-22(24-17-16-23(21)31(24)3)15-19-30-33(5-2)26-11-7-9-13-28(26)35-30/h6-15,18-19,23-24H,4-5,16-17,20H2,1-3H3. The van der Waals surface area contributed by atoms with E-state index in [0.29, 0.717) is 12.1 Å². The second kappa shape index (κ2) is 9.61. The van der Waals surface area contributed by atoms with E-state index >= 15 is 0 Å². The fourth-order valence-corrected chi connectivity index (χ4v) is 8.27. The lowest BCUT2D eigenvalue weighted by Crippen LogP contribution is -2.39. The molecule has 4 heterocycles. The lowest BCUT2D eigenvalue weighted by atomic mass is 9.92. The van der Waals surface area contributed by atoms with E-state index in [4.69, 9.17) is 0 Å². The molecule has 2 atom stereocenters. The fraction of sp³-hybridized carbons (Fsp3) is 0.333. The Labute approximate surface area is 218 Å². The number of hydrogen-bond donors (Lipinski definition) is 0. The number of likely N-dealkylation sites (N-methyl/N-ethyl adjacent to an activating group) is 1. The van der Waals surface area contributed by atoms with Gasteiger partial charge in [0.2, 0.25) is 0 Å². The highest BCUT2D eigenvalue weighted by Crippen LogP contribution is 2.48. The van der Waals surface area contributed by atoms with Gasteiger partial charge < -0.3 is 9.80 Å². The molecule has 0 aliphatic carbocycles. The van der Waals surface area contributed by atoms with Crippen LogP contribution < -0.4 is 9.80 Å². The van der Waals surface area contributed by atoms with E-state index in [9.17, 15) is 0 Å². The summed E-state index contributed by atoms with van der Waals surface area (Å²) in [6.45, 7) is 6.48. The Balaban J connectivity index is 1.28. The van der Waals surface area contributed by atoms with Crippen molar-refractivity contribution in [2.75, 3.05) is 29.9 Å². The van der Waals surface area contributed by atoms with E-state index in [-0.39, 0.29) is 0 Å². The number of fused-ring (bicyclic) bond motifs is 4. The average Bonchev–Trinajstić information content (AvgIpc) is 3.51. The molecular weight excluding hydrogens is 466 g/mol. The van der Waals surface area contributed by atoms with Gasteiger partial charge in [-0.1, -0.05) is 59.9 Å². The van der Waals surface area contributed by atoms with Crippen LogP contribution in [0.4, 0.5) is 11.4 Å². The summed E-state index contributed by atoms with van der Waals surface area (Å²) in [6, 6.07) is 18.7. The van der Waals surface area contributed by atoms with Gasteiger partial charge in [-0.15, -0.1) is 0 Å². The number of rotatable bonds is 4. The van der Waals surface area contributed by atoms with Crippen molar-refractivity contribution in [1.29, 1.82) is 0 Å². The summed E-state index contributed by atoms with van der Waals surface area (Å²) in [5, 5.41) is 2.69. The zero-order chi connectivity index (χ0) is 23.9. The Morgan fingerprint density at radius 1 is 0.714 bits per heavy atom. The van der Waals surface area contributed by atoms with Crippen LogP contribution >= 0.6 is 23.5 Å². The van der Waals surface area contributed by atoms with Crippen molar-refractivity contribution in [3.8, 4) is 0 Å². The first-order valence-corrected chi connectivity index (χ1v) is 14.4. The van der Waals surface area contributed by atoms with Crippen molar-refractivity contribution >= 4 is 34.9 Å². The van der Waals surface area contributed by atoms with Crippen LogP contribution in [0.3, 0.4) is 0 Å². The Hall–Kier alpha value is -2.34. The third kappa shape index (κ3) is 4.08. The van der Waals surface area contributed by atoms with E-state index in [1.54, 1.807) is 11.1 Å². The highest BCUT2D eigenvalue weighted by molar-refractivity contribution is 8.04. The third-order valence-electron chi connectivity index (χ3n) is 7.75. The molecule has 2 bridgehead atoms. The van der Waals surface area contributed by atoms with Crippen molar-refractivity contribution in [2.24, 2.45) is 0 Å². The molecule has 5 heteroatoms. The van der Waals surface area contributed by atoms with Gasteiger partial charge in [0.05, 0.1) is 21.4 Å². The van der Waals surface area contributed by atoms with Crippen molar-refractivity contribution in [3.05, 3.63) is 94.0 Å². The van der Waals surface area contributed by atoms with Crippen LogP contribution in [0.15, 0.2) is 104 Å². The molecule has 2 unspecified atom stereocenters. The molecule has 2 aromatic rings. The van der Waals surface area contributed by atoms with Crippen LogP contribution in [0.25, 0.3) is 0 Å². The van der Waals surface area contributed by atoms with Crippen LogP contribution in [0.2, 0.25) is 0 Å². The van der Waals surface area contributed by atoms with Gasteiger partial charge in [0.25, 0.3) is 0 Å². The number of nitrogens with zero attached hydrogens (tertiary/aromatic N) is 3. The molecule has 0 aromatic heterocycles. The minimum atomic E-state index is 0.572. The topological polar surface area (TPSA) is 9.72 Å². The summed E-state index contributed by atoms with van der Waals surface area (Å²) in [6.07, 6.45) is 13.2. The summed E-state index contributed by atoms with van der Waals surface area (Å²) >= 11 is 3.80. The molecule has 2 aromatic carbocycles. The molecule has 4 aliphatic rings. The zero-order valence-electron chi connectivity index (χ0n) is 20.8. The second-order valence-corrected chi connectivity index (χ2v) is 11.7. The fourth-order valence-electron chi connectivity index (χ4n) is 6.01. The van der Waals surface area contributed by atoms with Crippen LogP contribution in [0.5, 0.6) is 0 Å². The van der Waals surface area contributed by atoms with Crippen molar-refractivity contribution in [2.45, 2.75) is 55.0 Å². The van der Waals surface area contributed by atoms with Gasteiger partial charge in [0, 0.05) is 35.0 Å². The van der Waals surface area contributed by atoms with Crippen molar-refractivity contribution in [1.82, 2.24) is 4.90 Å². The summed E-state index contributed by atoms with van der Waals surface area (Å²) in [5.74, 6) is 0. The Bertz CT molecular complexity index is 1160.